The van der Waals surface area contributed by atoms with E-state index in [1.165, 1.54) is 4.90 Å². The highest BCUT2D eigenvalue weighted by Gasteiger charge is 2.66. The lowest BCUT2D eigenvalue weighted by molar-refractivity contribution is -0.121. The van der Waals surface area contributed by atoms with Gasteiger partial charge in [0.2, 0.25) is 5.76 Å². The second kappa shape index (κ2) is 8.23. The molecule has 2 aromatic heterocycles. The Morgan fingerprint density at radius 1 is 0.872 bits per heavy atom. The molecule has 0 bridgehead atoms. The molecule has 0 radical (unpaired) electrons. The maximum absolute atomic E-state index is 14.9. The highest BCUT2D eigenvalue weighted by Crippen LogP contribution is 2.54. The summed E-state index contributed by atoms with van der Waals surface area (Å²) in [5.74, 6) is -0.838. The number of para-hydroxylation sites is 2. The molecular formula is C32H23N3O4. The number of nitrogens with zero attached hydrogens (tertiary/aromatic N) is 3. The Morgan fingerprint density at radius 2 is 1.62 bits per heavy atom. The van der Waals surface area contributed by atoms with E-state index in [2.05, 4.69) is 4.98 Å². The number of aromatic nitrogens is 1. The average Bonchev–Trinajstić information content (AvgIpc) is 3.34. The number of fused-ring (bicyclic) bond motifs is 5. The van der Waals surface area contributed by atoms with Gasteiger partial charge in [0.25, 0.3) is 11.8 Å². The Labute approximate surface area is 223 Å². The molecule has 2 aliphatic rings. The maximum Gasteiger partial charge on any atom is 0.297 e. The molecule has 2 amide bonds. The predicted molar refractivity (Wildman–Crippen MR) is 148 cm³/mol. The third kappa shape index (κ3) is 3.04. The molecule has 0 saturated heterocycles. The minimum absolute atomic E-state index is 0.0271. The van der Waals surface area contributed by atoms with Gasteiger partial charge in [-0.15, -0.1) is 0 Å². The number of pyridine rings is 1. The third-order valence-corrected chi connectivity index (χ3v) is 7.75. The minimum atomic E-state index is -1.77. The van der Waals surface area contributed by atoms with Crippen LogP contribution in [0.4, 0.5) is 11.5 Å². The van der Waals surface area contributed by atoms with E-state index in [9.17, 15) is 14.4 Å². The Hall–Kier alpha value is -5.04. The van der Waals surface area contributed by atoms with Crippen molar-refractivity contribution in [3.8, 4) is 0 Å². The second-order valence-electron chi connectivity index (χ2n) is 10.0. The van der Waals surface area contributed by atoms with Crippen molar-refractivity contribution >= 4 is 34.3 Å². The molecule has 190 valence electrons. The number of aryl methyl sites for hydroxylation is 2. The lowest BCUT2D eigenvalue weighted by atomic mass is 9.84. The maximum atomic E-state index is 14.9. The van der Waals surface area contributed by atoms with Gasteiger partial charge in [0.05, 0.1) is 23.2 Å². The molecule has 0 saturated carbocycles. The molecule has 3 aromatic carbocycles. The van der Waals surface area contributed by atoms with E-state index >= 15 is 0 Å². The fraction of sp³-hybridized carbons (Fsp3) is 0.125. The molecule has 5 aromatic rings. The van der Waals surface area contributed by atoms with Gasteiger partial charge in [-0.3, -0.25) is 19.3 Å². The van der Waals surface area contributed by atoms with Gasteiger partial charge in [0.15, 0.2) is 11.0 Å². The van der Waals surface area contributed by atoms with Gasteiger partial charge < -0.3 is 9.32 Å². The van der Waals surface area contributed by atoms with E-state index < -0.39 is 22.8 Å². The number of amides is 2. The lowest BCUT2D eigenvalue weighted by Gasteiger charge is -2.33. The molecule has 0 fully saturated rings. The molecule has 39 heavy (non-hydrogen) atoms. The van der Waals surface area contributed by atoms with Crippen molar-refractivity contribution in [2.24, 2.45) is 0 Å². The Morgan fingerprint density at radius 3 is 2.44 bits per heavy atom. The fourth-order valence-electron chi connectivity index (χ4n) is 5.91. The van der Waals surface area contributed by atoms with Crippen molar-refractivity contribution < 1.29 is 14.0 Å². The first-order chi connectivity index (χ1) is 18.9. The van der Waals surface area contributed by atoms with Crippen LogP contribution < -0.4 is 15.2 Å². The SMILES string of the molecule is Cc1ccnc(N2C(=O)c3oc4ccccc4c(=O)c3C23C(=O)N(Cc2ccccc2C)c2ccccc23)c1. The predicted octanol–water partition coefficient (Wildman–Crippen LogP) is 5.26. The zero-order valence-corrected chi connectivity index (χ0v) is 21.3. The van der Waals surface area contributed by atoms with Crippen LogP contribution in [0.25, 0.3) is 11.0 Å². The summed E-state index contributed by atoms with van der Waals surface area (Å²) >= 11 is 0. The monoisotopic (exact) mass is 513 g/mol. The zero-order valence-electron chi connectivity index (χ0n) is 21.3. The van der Waals surface area contributed by atoms with Crippen molar-refractivity contribution in [3.05, 3.63) is 135 Å². The van der Waals surface area contributed by atoms with E-state index in [1.54, 1.807) is 41.4 Å². The van der Waals surface area contributed by atoms with E-state index in [1.807, 2.05) is 68.4 Å². The summed E-state index contributed by atoms with van der Waals surface area (Å²) < 4.78 is 6.11. The van der Waals surface area contributed by atoms with Gasteiger partial charge in [0.1, 0.15) is 11.4 Å². The van der Waals surface area contributed by atoms with Crippen LogP contribution in [-0.4, -0.2) is 16.8 Å². The molecule has 1 spiro atoms. The fourth-order valence-corrected chi connectivity index (χ4v) is 5.91. The second-order valence-corrected chi connectivity index (χ2v) is 10.0. The van der Waals surface area contributed by atoms with Crippen molar-refractivity contribution in [1.29, 1.82) is 0 Å². The van der Waals surface area contributed by atoms with Gasteiger partial charge >= 0.3 is 0 Å². The number of carbonyl (C=O) groups excluding carboxylic acids is 2. The molecule has 0 aliphatic carbocycles. The van der Waals surface area contributed by atoms with E-state index in [0.29, 0.717) is 22.2 Å². The Balaban J connectivity index is 1.58. The first kappa shape index (κ1) is 23.1. The molecule has 7 nitrogen and oxygen atoms in total. The topological polar surface area (TPSA) is 83.7 Å². The molecule has 7 rings (SSSR count). The van der Waals surface area contributed by atoms with Crippen LogP contribution in [0.1, 0.15) is 38.4 Å². The van der Waals surface area contributed by atoms with Gasteiger partial charge in [0, 0.05) is 11.8 Å². The summed E-state index contributed by atoms with van der Waals surface area (Å²) in [6.45, 7) is 4.16. The first-order valence-electron chi connectivity index (χ1n) is 12.7. The Kier molecular flexibility index (Phi) is 4.88. The molecule has 1 atom stereocenters. The number of anilines is 2. The highest BCUT2D eigenvalue weighted by atomic mass is 16.3. The number of rotatable bonds is 3. The molecule has 4 heterocycles. The summed E-state index contributed by atoms with van der Waals surface area (Å²) in [6.07, 6.45) is 1.59. The standard InChI is InChI=1S/C32H23N3O4/c1-19-15-16-33-26(17-19)35-30(37)29-27(28(36)22-11-5-8-14-25(22)39-29)32(35)23-12-6-7-13-24(23)34(31(32)38)18-21-10-4-3-9-20(21)2/h3-17H,18H2,1-2H3. The van der Waals surface area contributed by atoms with E-state index in [4.69, 9.17) is 4.42 Å². The van der Waals surface area contributed by atoms with Gasteiger partial charge in [-0.25, -0.2) is 4.98 Å². The van der Waals surface area contributed by atoms with Crippen LogP contribution in [0.5, 0.6) is 0 Å². The van der Waals surface area contributed by atoms with Gasteiger partial charge in [-0.1, -0.05) is 54.6 Å². The molecule has 1 unspecified atom stereocenters. The van der Waals surface area contributed by atoms with E-state index in [-0.39, 0.29) is 23.7 Å². The van der Waals surface area contributed by atoms with E-state index in [0.717, 1.165) is 16.7 Å². The minimum Gasteiger partial charge on any atom is -0.450 e. The summed E-state index contributed by atoms with van der Waals surface area (Å²) in [5.41, 5.74) is 2.19. The van der Waals surface area contributed by atoms with Crippen LogP contribution in [0.2, 0.25) is 0 Å². The smallest absolute Gasteiger partial charge is 0.297 e. The van der Waals surface area contributed by atoms with Crippen LogP contribution in [0.3, 0.4) is 0 Å². The average molecular weight is 514 g/mol. The van der Waals surface area contributed by atoms with Crippen molar-refractivity contribution in [1.82, 2.24) is 4.98 Å². The quantitative estimate of drug-likeness (QED) is 0.329. The molecule has 2 aliphatic heterocycles. The normalized spacial score (nSPS) is 17.8. The largest absolute Gasteiger partial charge is 0.450 e. The molecule has 7 heteroatoms. The lowest BCUT2D eigenvalue weighted by Crippen LogP contribution is -2.54. The summed E-state index contributed by atoms with van der Waals surface area (Å²) in [4.78, 5) is 50.8. The Bertz CT molecular complexity index is 1910. The molecule has 0 N–H and O–H groups in total. The summed E-state index contributed by atoms with van der Waals surface area (Å²) in [7, 11) is 0. The van der Waals surface area contributed by atoms with Crippen molar-refractivity contribution in [3.63, 3.8) is 0 Å². The van der Waals surface area contributed by atoms with Gasteiger partial charge in [-0.2, -0.15) is 0 Å². The van der Waals surface area contributed by atoms with Crippen LogP contribution >= 0.6 is 0 Å². The summed E-state index contributed by atoms with van der Waals surface area (Å²) in [5, 5.41) is 0.310. The summed E-state index contributed by atoms with van der Waals surface area (Å²) in [6, 6.07) is 25.5. The van der Waals surface area contributed by atoms with Crippen molar-refractivity contribution in [2.45, 2.75) is 25.9 Å². The first-order valence-corrected chi connectivity index (χ1v) is 12.7. The van der Waals surface area contributed by atoms with Crippen molar-refractivity contribution in [2.75, 3.05) is 9.80 Å². The van der Waals surface area contributed by atoms with Crippen LogP contribution in [0, 0.1) is 13.8 Å². The number of carbonyl (C=O) groups is 2. The number of benzene rings is 3. The van der Waals surface area contributed by atoms with Gasteiger partial charge in [-0.05, 0) is 60.9 Å². The third-order valence-electron chi connectivity index (χ3n) is 7.75. The zero-order chi connectivity index (χ0) is 26.9. The van der Waals surface area contributed by atoms with Crippen LogP contribution in [-0.2, 0) is 16.9 Å². The van der Waals surface area contributed by atoms with Crippen LogP contribution in [0.15, 0.2) is 100 Å². The highest BCUT2D eigenvalue weighted by molar-refractivity contribution is 6.24. The number of hydrogen-bond acceptors (Lipinski definition) is 5. The molecular weight excluding hydrogens is 490 g/mol. The number of hydrogen-bond donors (Lipinski definition) is 0.